The smallest absolute Gasteiger partial charge is 0.350 e. The molecule has 3 aromatic carbocycles. The van der Waals surface area contributed by atoms with Gasteiger partial charge in [-0.15, -0.1) is 0 Å². The second-order valence-electron chi connectivity index (χ2n) is 6.77. The van der Waals surface area contributed by atoms with E-state index in [1.165, 1.54) is 30.3 Å². The minimum Gasteiger partial charge on any atom is -0.443 e. The molecule has 3 rings (SSSR count). The van der Waals surface area contributed by atoms with Crippen LogP contribution in [0.25, 0.3) is 6.08 Å². The highest BCUT2D eigenvalue weighted by Crippen LogP contribution is 2.22. The maximum absolute atomic E-state index is 13.1. The zero-order valence-corrected chi connectivity index (χ0v) is 16.7. The lowest BCUT2D eigenvalue weighted by Crippen LogP contribution is -2.26. The van der Waals surface area contributed by atoms with Crippen molar-refractivity contribution in [3.05, 3.63) is 107 Å². The monoisotopic (exact) mass is 414 g/mol. The molecule has 5 nitrogen and oxygen atoms in total. The molecule has 0 bridgehead atoms. The largest absolute Gasteiger partial charge is 0.443 e. The van der Waals surface area contributed by atoms with Crippen LogP contribution in [0.2, 0.25) is 0 Å². The van der Waals surface area contributed by atoms with Crippen molar-refractivity contribution in [2.24, 2.45) is 0 Å². The summed E-state index contributed by atoms with van der Waals surface area (Å²) in [6, 6.07) is 22.7. The maximum Gasteiger partial charge on any atom is 0.350 e. The van der Waals surface area contributed by atoms with Crippen LogP contribution < -0.4 is 5.32 Å². The standard InChI is InChI=1S/C25H19FN2O3/c1-17-7-9-18(10-8-17)15-20(16-27)25(30)31-23(19-5-3-2-4-6-19)24(29)28-22-13-11-21(26)12-14-22/h2-15,23H,1H3,(H,28,29)/b20-15+/t23-/m0/s1. The molecular formula is C25H19FN2O3. The van der Waals surface area contributed by atoms with Crippen molar-refractivity contribution >= 4 is 23.6 Å². The Kier molecular flexibility index (Phi) is 6.92. The van der Waals surface area contributed by atoms with Gasteiger partial charge in [-0.25, -0.2) is 9.18 Å². The summed E-state index contributed by atoms with van der Waals surface area (Å²) in [6.07, 6.45) is 0.107. The van der Waals surface area contributed by atoms with Gasteiger partial charge in [-0.05, 0) is 42.8 Å². The highest BCUT2D eigenvalue weighted by molar-refractivity contribution is 6.01. The van der Waals surface area contributed by atoms with Crippen LogP contribution in [0.5, 0.6) is 0 Å². The van der Waals surface area contributed by atoms with E-state index in [0.717, 1.165) is 5.56 Å². The predicted molar refractivity (Wildman–Crippen MR) is 115 cm³/mol. The van der Waals surface area contributed by atoms with E-state index in [0.29, 0.717) is 16.8 Å². The number of halogens is 1. The zero-order chi connectivity index (χ0) is 22.2. The number of nitrogens with zero attached hydrogens (tertiary/aromatic N) is 1. The third kappa shape index (κ3) is 5.87. The number of nitrogens with one attached hydrogen (secondary N) is 1. The third-order valence-electron chi connectivity index (χ3n) is 4.41. The fourth-order valence-electron chi connectivity index (χ4n) is 2.78. The van der Waals surface area contributed by atoms with Crippen LogP contribution in [-0.2, 0) is 14.3 Å². The van der Waals surface area contributed by atoms with E-state index in [1.807, 2.05) is 25.1 Å². The number of hydrogen-bond donors (Lipinski definition) is 1. The van der Waals surface area contributed by atoms with Gasteiger partial charge < -0.3 is 10.1 Å². The summed E-state index contributed by atoms with van der Waals surface area (Å²) in [7, 11) is 0. The molecule has 0 aliphatic heterocycles. The number of aryl methyl sites for hydroxylation is 1. The Hall–Kier alpha value is -4.24. The Morgan fingerprint density at radius 2 is 1.65 bits per heavy atom. The average Bonchev–Trinajstić information content (AvgIpc) is 2.79. The second-order valence-corrected chi connectivity index (χ2v) is 6.77. The summed E-state index contributed by atoms with van der Waals surface area (Å²) < 4.78 is 18.6. The molecule has 154 valence electrons. The van der Waals surface area contributed by atoms with Crippen molar-refractivity contribution in [1.29, 1.82) is 5.26 Å². The number of esters is 1. The number of hydrogen-bond acceptors (Lipinski definition) is 4. The van der Waals surface area contributed by atoms with Crippen LogP contribution in [0, 0.1) is 24.1 Å². The van der Waals surface area contributed by atoms with Crippen molar-refractivity contribution in [2.45, 2.75) is 13.0 Å². The van der Waals surface area contributed by atoms with Crippen molar-refractivity contribution in [2.75, 3.05) is 5.32 Å². The number of anilines is 1. The molecule has 1 amide bonds. The fraction of sp³-hybridized carbons (Fsp3) is 0.0800. The van der Waals surface area contributed by atoms with Crippen LogP contribution in [0.1, 0.15) is 22.8 Å². The van der Waals surface area contributed by atoms with E-state index in [2.05, 4.69) is 5.32 Å². The van der Waals surface area contributed by atoms with Gasteiger partial charge in [0.1, 0.15) is 17.5 Å². The number of benzene rings is 3. The number of rotatable bonds is 6. The van der Waals surface area contributed by atoms with Gasteiger partial charge in [-0.2, -0.15) is 5.26 Å². The van der Waals surface area contributed by atoms with Crippen LogP contribution in [0.15, 0.2) is 84.4 Å². The van der Waals surface area contributed by atoms with Gasteiger partial charge in [-0.1, -0.05) is 60.2 Å². The van der Waals surface area contributed by atoms with E-state index < -0.39 is 23.8 Å². The maximum atomic E-state index is 13.1. The number of amides is 1. The van der Waals surface area contributed by atoms with Crippen molar-refractivity contribution in [1.82, 2.24) is 0 Å². The topological polar surface area (TPSA) is 79.2 Å². The molecule has 6 heteroatoms. The minimum atomic E-state index is -1.30. The molecule has 0 unspecified atom stereocenters. The van der Waals surface area contributed by atoms with E-state index in [4.69, 9.17) is 4.74 Å². The van der Waals surface area contributed by atoms with Crippen LogP contribution >= 0.6 is 0 Å². The predicted octanol–water partition coefficient (Wildman–Crippen LogP) is 4.96. The lowest BCUT2D eigenvalue weighted by molar-refractivity contribution is -0.150. The number of carbonyl (C=O) groups is 2. The van der Waals surface area contributed by atoms with Gasteiger partial charge in [0.05, 0.1) is 0 Å². The molecule has 3 aromatic rings. The van der Waals surface area contributed by atoms with E-state index in [-0.39, 0.29) is 5.57 Å². The lowest BCUT2D eigenvalue weighted by atomic mass is 10.1. The van der Waals surface area contributed by atoms with E-state index >= 15 is 0 Å². The summed E-state index contributed by atoms with van der Waals surface area (Å²) in [5.74, 6) is -1.99. The lowest BCUT2D eigenvalue weighted by Gasteiger charge is -2.18. The fourth-order valence-corrected chi connectivity index (χ4v) is 2.78. The Bertz CT molecular complexity index is 1130. The Morgan fingerprint density at radius 3 is 2.26 bits per heavy atom. The molecule has 1 N–H and O–H groups in total. The third-order valence-corrected chi connectivity index (χ3v) is 4.41. The molecule has 31 heavy (non-hydrogen) atoms. The number of carbonyl (C=O) groups excluding carboxylic acids is 2. The zero-order valence-electron chi connectivity index (χ0n) is 16.7. The molecule has 0 fully saturated rings. The molecule has 0 aliphatic rings. The first-order valence-corrected chi connectivity index (χ1v) is 9.47. The molecule has 0 heterocycles. The summed E-state index contributed by atoms with van der Waals surface area (Å²) in [5.41, 5.74) is 2.24. The quantitative estimate of drug-likeness (QED) is 0.351. The first kappa shape index (κ1) is 21.5. The van der Waals surface area contributed by atoms with Gasteiger partial charge in [0.2, 0.25) is 6.10 Å². The molecule has 1 atom stereocenters. The summed E-state index contributed by atoms with van der Waals surface area (Å²) in [5, 5.41) is 12.0. The number of ether oxygens (including phenoxy) is 1. The average molecular weight is 414 g/mol. The molecule has 0 radical (unpaired) electrons. The Morgan fingerprint density at radius 1 is 1.00 bits per heavy atom. The van der Waals surface area contributed by atoms with Crippen LogP contribution in [0.3, 0.4) is 0 Å². The highest BCUT2D eigenvalue weighted by Gasteiger charge is 2.26. The van der Waals surface area contributed by atoms with Crippen molar-refractivity contribution < 1.29 is 18.7 Å². The summed E-state index contributed by atoms with van der Waals surface area (Å²) in [6.45, 7) is 1.93. The first-order valence-electron chi connectivity index (χ1n) is 9.47. The SMILES string of the molecule is Cc1ccc(/C=C(\C#N)C(=O)O[C@H](C(=O)Nc2ccc(F)cc2)c2ccccc2)cc1. The van der Waals surface area contributed by atoms with Crippen molar-refractivity contribution in [3.8, 4) is 6.07 Å². The van der Waals surface area contributed by atoms with Crippen molar-refractivity contribution in [3.63, 3.8) is 0 Å². The summed E-state index contributed by atoms with van der Waals surface area (Å²) in [4.78, 5) is 25.5. The molecule has 0 aliphatic carbocycles. The minimum absolute atomic E-state index is 0.237. The van der Waals surface area contributed by atoms with E-state index in [9.17, 15) is 19.2 Å². The van der Waals surface area contributed by atoms with Gasteiger partial charge in [0.25, 0.3) is 5.91 Å². The Balaban J connectivity index is 1.84. The molecule has 0 saturated heterocycles. The molecule has 0 saturated carbocycles. The van der Waals surface area contributed by atoms with Crippen LogP contribution in [-0.4, -0.2) is 11.9 Å². The first-order chi connectivity index (χ1) is 15.0. The molecule has 0 spiro atoms. The molecule has 0 aromatic heterocycles. The van der Waals surface area contributed by atoms with E-state index in [1.54, 1.807) is 42.5 Å². The van der Waals surface area contributed by atoms with Crippen LogP contribution in [0.4, 0.5) is 10.1 Å². The van der Waals surface area contributed by atoms with Gasteiger partial charge in [0, 0.05) is 11.3 Å². The number of nitriles is 1. The normalized spacial score (nSPS) is 11.8. The van der Waals surface area contributed by atoms with Gasteiger partial charge in [-0.3, -0.25) is 4.79 Å². The summed E-state index contributed by atoms with van der Waals surface area (Å²) >= 11 is 0. The highest BCUT2D eigenvalue weighted by atomic mass is 19.1. The molecular weight excluding hydrogens is 395 g/mol. The van der Waals surface area contributed by atoms with Gasteiger partial charge in [0.15, 0.2) is 0 Å². The Labute approximate surface area is 179 Å². The second kappa shape index (κ2) is 9.99. The van der Waals surface area contributed by atoms with Gasteiger partial charge >= 0.3 is 5.97 Å².